The summed E-state index contributed by atoms with van der Waals surface area (Å²) in [6.45, 7) is 0.327. The highest BCUT2D eigenvalue weighted by atomic mass is 35.5. The van der Waals surface area contributed by atoms with Gasteiger partial charge in [0.25, 0.3) is 11.6 Å². The first-order chi connectivity index (χ1) is 12.9. The molecule has 3 rings (SSSR count). The maximum atomic E-state index is 12.3. The van der Waals surface area contributed by atoms with Crippen molar-refractivity contribution in [2.75, 3.05) is 5.32 Å². The van der Waals surface area contributed by atoms with E-state index in [1.807, 2.05) is 17.8 Å². The summed E-state index contributed by atoms with van der Waals surface area (Å²) in [4.78, 5) is 26.6. The second-order valence-corrected chi connectivity index (χ2v) is 6.05. The molecule has 1 aromatic heterocycles. The van der Waals surface area contributed by atoms with Crippen LogP contribution in [0.4, 0.5) is 11.4 Å². The van der Waals surface area contributed by atoms with Crippen LogP contribution in [0.1, 0.15) is 16.2 Å². The Morgan fingerprint density at radius 1 is 1.30 bits per heavy atom. The van der Waals surface area contributed by atoms with Gasteiger partial charge in [0.2, 0.25) is 0 Å². The molecule has 27 heavy (non-hydrogen) atoms. The van der Waals surface area contributed by atoms with E-state index in [0.29, 0.717) is 18.0 Å². The van der Waals surface area contributed by atoms with Crippen molar-refractivity contribution in [2.24, 2.45) is 7.05 Å². The number of hydrogen-bond donors (Lipinski definition) is 1. The number of nitro benzene ring substituents is 1. The summed E-state index contributed by atoms with van der Waals surface area (Å²) in [6, 6.07) is 10.5. The zero-order valence-electron chi connectivity index (χ0n) is 14.3. The molecule has 0 radical (unpaired) electrons. The van der Waals surface area contributed by atoms with Gasteiger partial charge in [0.05, 0.1) is 15.5 Å². The van der Waals surface area contributed by atoms with Crippen LogP contribution < -0.4 is 10.1 Å². The van der Waals surface area contributed by atoms with Crippen molar-refractivity contribution in [3.63, 3.8) is 0 Å². The van der Waals surface area contributed by atoms with Crippen LogP contribution in [0.2, 0.25) is 5.02 Å². The standard InChI is InChI=1S/C18H15ClN4O4/c1-22-9-8-20-17(22)11-27-14-5-2-12(3-6-14)21-18(24)15-7-4-13(23(25)26)10-16(15)19/h2-10H,11H2,1H3,(H,21,24). The van der Waals surface area contributed by atoms with Crippen molar-refractivity contribution in [3.05, 3.63) is 81.4 Å². The smallest absolute Gasteiger partial charge is 0.270 e. The van der Waals surface area contributed by atoms with Crippen LogP contribution in [0.5, 0.6) is 5.75 Å². The molecule has 0 saturated heterocycles. The number of non-ortho nitro benzene ring substituents is 1. The minimum Gasteiger partial charge on any atom is -0.486 e. The molecule has 1 N–H and O–H groups in total. The summed E-state index contributed by atoms with van der Waals surface area (Å²) in [5, 5.41) is 13.4. The van der Waals surface area contributed by atoms with Crippen LogP contribution in [-0.4, -0.2) is 20.4 Å². The van der Waals surface area contributed by atoms with Crippen LogP contribution in [0.25, 0.3) is 0 Å². The fourth-order valence-electron chi connectivity index (χ4n) is 2.32. The van der Waals surface area contributed by atoms with E-state index in [0.717, 1.165) is 11.9 Å². The summed E-state index contributed by atoms with van der Waals surface area (Å²) in [7, 11) is 1.88. The Bertz CT molecular complexity index is 985. The van der Waals surface area contributed by atoms with E-state index in [2.05, 4.69) is 10.3 Å². The summed E-state index contributed by atoms with van der Waals surface area (Å²) in [6.07, 6.45) is 3.53. The predicted molar refractivity (Wildman–Crippen MR) is 100 cm³/mol. The maximum Gasteiger partial charge on any atom is 0.270 e. The van der Waals surface area contributed by atoms with E-state index in [9.17, 15) is 14.9 Å². The Hall–Kier alpha value is -3.39. The van der Waals surface area contributed by atoms with Gasteiger partial charge in [-0.15, -0.1) is 0 Å². The molecule has 0 aliphatic carbocycles. The molecule has 0 saturated carbocycles. The Kier molecular flexibility index (Phi) is 5.37. The molecule has 8 nitrogen and oxygen atoms in total. The lowest BCUT2D eigenvalue weighted by Gasteiger charge is -2.09. The summed E-state index contributed by atoms with van der Waals surface area (Å²) in [5.41, 5.74) is 0.516. The molecular formula is C18H15ClN4O4. The molecule has 0 fully saturated rings. The first-order valence-electron chi connectivity index (χ1n) is 7.88. The SMILES string of the molecule is Cn1ccnc1COc1ccc(NC(=O)c2ccc([N+](=O)[O-])cc2Cl)cc1. The van der Waals surface area contributed by atoms with Crippen molar-refractivity contribution in [2.45, 2.75) is 6.61 Å². The third-order valence-electron chi connectivity index (χ3n) is 3.81. The summed E-state index contributed by atoms with van der Waals surface area (Å²) >= 11 is 5.97. The molecule has 0 spiro atoms. The van der Waals surface area contributed by atoms with E-state index >= 15 is 0 Å². The van der Waals surface area contributed by atoms with Gasteiger partial charge in [0.15, 0.2) is 0 Å². The number of anilines is 1. The van der Waals surface area contributed by atoms with Crippen molar-refractivity contribution >= 4 is 28.9 Å². The molecule has 1 amide bonds. The number of carbonyl (C=O) groups excluding carboxylic acids is 1. The van der Waals surface area contributed by atoms with Crippen molar-refractivity contribution in [1.82, 2.24) is 9.55 Å². The van der Waals surface area contributed by atoms with Gasteiger partial charge in [-0.2, -0.15) is 0 Å². The molecule has 2 aromatic carbocycles. The minimum absolute atomic E-state index is 0.0109. The highest BCUT2D eigenvalue weighted by molar-refractivity contribution is 6.34. The Balaban J connectivity index is 1.63. The van der Waals surface area contributed by atoms with Crippen molar-refractivity contribution < 1.29 is 14.5 Å². The first kappa shape index (κ1) is 18.4. The highest BCUT2D eigenvalue weighted by Gasteiger charge is 2.15. The van der Waals surface area contributed by atoms with Crippen molar-refractivity contribution in [1.29, 1.82) is 0 Å². The quantitative estimate of drug-likeness (QED) is 0.513. The van der Waals surface area contributed by atoms with Crippen LogP contribution in [0.15, 0.2) is 54.9 Å². The Labute approximate surface area is 159 Å². The van der Waals surface area contributed by atoms with Crippen LogP contribution in [0, 0.1) is 10.1 Å². The monoisotopic (exact) mass is 386 g/mol. The molecule has 3 aromatic rings. The molecular weight excluding hydrogens is 372 g/mol. The zero-order chi connectivity index (χ0) is 19.4. The largest absolute Gasteiger partial charge is 0.486 e. The van der Waals surface area contributed by atoms with Gasteiger partial charge in [-0.25, -0.2) is 4.98 Å². The number of nitrogens with zero attached hydrogens (tertiary/aromatic N) is 3. The Morgan fingerprint density at radius 2 is 2.04 bits per heavy atom. The average Bonchev–Trinajstić information content (AvgIpc) is 3.05. The molecule has 0 bridgehead atoms. The lowest BCUT2D eigenvalue weighted by Crippen LogP contribution is -2.12. The molecule has 138 valence electrons. The number of nitro groups is 1. The van der Waals surface area contributed by atoms with Crippen molar-refractivity contribution in [3.8, 4) is 5.75 Å². The first-order valence-corrected chi connectivity index (χ1v) is 8.26. The predicted octanol–water partition coefficient (Wildman–Crippen LogP) is 3.81. The van der Waals surface area contributed by atoms with E-state index in [4.69, 9.17) is 16.3 Å². The highest BCUT2D eigenvalue weighted by Crippen LogP contribution is 2.24. The average molecular weight is 387 g/mol. The Morgan fingerprint density at radius 3 is 2.63 bits per heavy atom. The van der Waals surface area contributed by atoms with E-state index in [1.165, 1.54) is 12.1 Å². The summed E-state index contributed by atoms with van der Waals surface area (Å²) in [5.74, 6) is 0.959. The minimum atomic E-state index is -0.572. The van der Waals surface area contributed by atoms with Gasteiger partial charge in [-0.3, -0.25) is 14.9 Å². The number of halogens is 1. The number of hydrogen-bond acceptors (Lipinski definition) is 5. The topological polar surface area (TPSA) is 99.3 Å². The number of benzene rings is 2. The number of amides is 1. The van der Waals surface area contributed by atoms with Gasteiger partial charge >= 0.3 is 0 Å². The number of ether oxygens (including phenoxy) is 1. The normalized spacial score (nSPS) is 10.4. The number of aromatic nitrogens is 2. The van der Waals surface area contributed by atoms with Crippen LogP contribution in [0.3, 0.4) is 0 Å². The second-order valence-electron chi connectivity index (χ2n) is 5.64. The second kappa shape index (κ2) is 7.88. The molecule has 0 aliphatic heterocycles. The number of imidazole rings is 1. The van der Waals surface area contributed by atoms with Gasteiger partial charge in [-0.05, 0) is 30.3 Å². The number of rotatable bonds is 6. The number of nitrogens with one attached hydrogen (secondary N) is 1. The summed E-state index contributed by atoms with van der Waals surface area (Å²) < 4.78 is 7.51. The van der Waals surface area contributed by atoms with E-state index < -0.39 is 10.8 Å². The van der Waals surface area contributed by atoms with Gasteiger partial charge < -0.3 is 14.6 Å². The molecule has 0 aliphatic rings. The van der Waals surface area contributed by atoms with Gasteiger partial charge in [0, 0.05) is 37.3 Å². The lowest BCUT2D eigenvalue weighted by molar-refractivity contribution is -0.384. The van der Waals surface area contributed by atoms with Crippen LogP contribution in [-0.2, 0) is 13.7 Å². The zero-order valence-corrected chi connectivity index (χ0v) is 15.0. The van der Waals surface area contributed by atoms with E-state index in [-0.39, 0.29) is 16.3 Å². The van der Waals surface area contributed by atoms with E-state index in [1.54, 1.807) is 30.5 Å². The fourth-order valence-corrected chi connectivity index (χ4v) is 2.58. The third kappa shape index (κ3) is 4.42. The third-order valence-corrected chi connectivity index (χ3v) is 4.12. The number of aryl methyl sites for hydroxylation is 1. The lowest BCUT2D eigenvalue weighted by atomic mass is 10.2. The number of carbonyl (C=O) groups is 1. The molecule has 0 unspecified atom stereocenters. The molecule has 1 heterocycles. The molecule has 0 atom stereocenters. The fraction of sp³-hybridized carbons (Fsp3) is 0.111. The molecule has 9 heteroatoms. The maximum absolute atomic E-state index is 12.3. The van der Waals surface area contributed by atoms with Crippen LogP contribution >= 0.6 is 11.6 Å². The van der Waals surface area contributed by atoms with Gasteiger partial charge in [0.1, 0.15) is 18.2 Å². The van der Waals surface area contributed by atoms with Gasteiger partial charge in [-0.1, -0.05) is 11.6 Å².